The number of halogens is 2. The molecule has 7 heteroatoms. The third-order valence-corrected chi connectivity index (χ3v) is 4.98. The number of rotatable bonds is 6. The van der Waals surface area contributed by atoms with E-state index < -0.39 is 0 Å². The quantitative estimate of drug-likeness (QED) is 0.654. The lowest BCUT2D eigenvalue weighted by Crippen LogP contribution is -2.36. The second kappa shape index (κ2) is 6.82. The van der Waals surface area contributed by atoms with Crippen molar-refractivity contribution in [3.05, 3.63) is 58.3 Å². The molecule has 5 nitrogen and oxygen atoms in total. The molecule has 0 spiro atoms. The van der Waals surface area contributed by atoms with Gasteiger partial charge in [0.2, 0.25) is 5.91 Å². The third kappa shape index (κ3) is 3.50. The Morgan fingerprint density at radius 1 is 1.23 bits per heavy atom. The molecule has 0 bridgehead atoms. The summed E-state index contributed by atoms with van der Waals surface area (Å²) >= 11 is 11.9. The first-order chi connectivity index (χ1) is 12.6. The number of carbonyl (C=O) groups excluding carboxylic acids is 1. The Labute approximate surface area is 160 Å². The van der Waals surface area contributed by atoms with Gasteiger partial charge < -0.3 is 15.0 Å². The van der Waals surface area contributed by atoms with Crippen molar-refractivity contribution in [2.45, 2.75) is 24.8 Å². The highest BCUT2D eigenvalue weighted by atomic mass is 35.5. The molecule has 0 radical (unpaired) electrons. The van der Waals surface area contributed by atoms with Crippen molar-refractivity contribution in [1.29, 1.82) is 0 Å². The van der Waals surface area contributed by atoms with Crippen molar-refractivity contribution in [3.63, 3.8) is 0 Å². The van der Waals surface area contributed by atoms with Crippen molar-refractivity contribution < 1.29 is 9.53 Å². The van der Waals surface area contributed by atoms with Crippen LogP contribution < -0.4 is 10.1 Å². The Hall–Kier alpha value is -2.24. The van der Waals surface area contributed by atoms with E-state index in [-0.39, 0.29) is 24.5 Å². The maximum atomic E-state index is 12.3. The highest BCUT2D eigenvalue weighted by Gasteiger charge is 2.48. The second-order valence-electron chi connectivity index (χ2n) is 6.41. The average molecular weight is 390 g/mol. The van der Waals surface area contributed by atoms with E-state index in [1.165, 1.54) is 0 Å². The maximum absolute atomic E-state index is 12.3. The van der Waals surface area contributed by atoms with Gasteiger partial charge in [-0.05, 0) is 43.2 Å². The normalized spacial score (nSPS) is 15.0. The SMILES string of the molecule is O=C(CCOc1ccc(Cl)cc1Cl)NC1(c2nc3ccccc3[nH]2)CC1. The maximum Gasteiger partial charge on any atom is 0.224 e. The van der Waals surface area contributed by atoms with Gasteiger partial charge in [0, 0.05) is 5.02 Å². The summed E-state index contributed by atoms with van der Waals surface area (Å²) in [7, 11) is 0. The van der Waals surface area contributed by atoms with E-state index in [0.717, 1.165) is 29.7 Å². The van der Waals surface area contributed by atoms with Crippen LogP contribution in [0.15, 0.2) is 42.5 Å². The predicted molar refractivity (Wildman–Crippen MR) is 102 cm³/mol. The molecule has 1 aliphatic rings. The molecule has 3 aromatic rings. The second-order valence-corrected chi connectivity index (χ2v) is 7.25. The number of benzene rings is 2. The number of hydrogen-bond acceptors (Lipinski definition) is 3. The lowest BCUT2D eigenvalue weighted by Gasteiger charge is -2.15. The Balaban J connectivity index is 1.35. The number of H-pyrrole nitrogens is 1. The van der Waals surface area contributed by atoms with Crippen molar-refractivity contribution in [1.82, 2.24) is 15.3 Å². The van der Waals surface area contributed by atoms with Crippen LogP contribution in [0.2, 0.25) is 10.0 Å². The van der Waals surface area contributed by atoms with Gasteiger partial charge in [0.05, 0.1) is 34.6 Å². The molecule has 2 N–H and O–H groups in total. The summed E-state index contributed by atoms with van der Waals surface area (Å²) in [6.45, 7) is 0.239. The monoisotopic (exact) mass is 389 g/mol. The van der Waals surface area contributed by atoms with Crippen LogP contribution in [0.25, 0.3) is 11.0 Å². The van der Waals surface area contributed by atoms with Gasteiger partial charge in [-0.25, -0.2) is 4.98 Å². The largest absolute Gasteiger partial charge is 0.491 e. The molecule has 1 aromatic heterocycles. The van der Waals surface area contributed by atoms with E-state index in [1.54, 1.807) is 18.2 Å². The summed E-state index contributed by atoms with van der Waals surface area (Å²) in [5.74, 6) is 1.25. The minimum atomic E-state index is -0.381. The Morgan fingerprint density at radius 2 is 2.04 bits per heavy atom. The fourth-order valence-corrected chi connectivity index (χ4v) is 3.36. The molecule has 0 saturated heterocycles. The van der Waals surface area contributed by atoms with Gasteiger partial charge in [-0.1, -0.05) is 35.3 Å². The summed E-state index contributed by atoms with van der Waals surface area (Å²) in [6, 6.07) is 12.8. The van der Waals surface area contributed by atoms with Crippen LogP contribution >= 0.6 is 23.2 Å². The van der Waals surface area contributed by atoms with Crippen LogP contribution in [0, 0.1) is 0 Å². The highest BCUT2D eigenvalue weighted by Crippen LogP contribution is 2.44. The molecule has 134 valence electrons. The van der Waals surface area contributed by atoms with Crippen molar-refractivity contribution in [2.24, 2.45) is 0 Å². The number of nitrogens with zero attached hydrogens (tertiary/aromatic N) is 1. The number of aromatic nitrogens is 2. The van der Waals surface area contributed by atoms with Crippen LogP contribution in [0.1, 0.15) is 25.1 Å². The van der Waals surface area contributed by atoms with E-state index in [4.69, 9.17) is 27.9 Å². The molecule has 1 aliphatic carbocycles. The van der Waals surface area contributed by atoms with Gasteiger partial charge >= 0.3 is 0 Å². The van der Waals surface area contributed by atoms with Crippen LogP contribution in [-0.2, 0) is 10.3 Å². The summed E-state index contributed by atoms with van der Waals surface area (Å²) in [5, 5.41) is 4.06. The fraction of sp³-hybridized carbons (Fsp3) is 0.263. The number of hydrogen-bond donors (Lipinski definition) is 2. The highest BCUT2D eigenvalue weighted by molar-refractivity contribution is 6.35. The number of nitrogens with one attached hydrogen (secondary N) is 2. The molecule has 4 rings (SSSR count). The average Bonchev–Trinajstić information content (AvgIpc) is 3.25. The molecule has 0 atom stereocenters. The van der Waals surface area contributed by atoms with Crippen LogP contribution in [0.5, 0.6) is 5.75 Å². The number of carbonyl (C=O) groups is 1. The van der Waals surface area contributed by atoms with Crippen molar-refractivity contribution in [3.8, 4) is 5.75 Å². The first-order valence-corrected chi connectivity index (χ1v) is 9.15. The van der Waals surface area contributed by atoms with E-state index >= 15 is 0 Å². The number of fused-ring (bicyclic) bond motifs is 1. The summed E-state index contributed by atoms with van der Waals surface area (Å²) in [6.07, 6.45) is 1.99. The Kier molecular flexibility index (Phi) is 4.51. The predicted octanol–water partition coefficient (Wildman–Crippen LogP) is 4.44. The fourth-order valence-electron chi connectivity index (χ4n) is 2.90. The Bertz CT molecular complexity index is 933. The molecule has 2 aromatic carbocycles. The van der Waals surface area contributed by atoms with Crippen LogP contribution in [-0.4, -0.2) is 22.5 Å². The molecular weight excluding hydrogens is 373 g/mol. The number of amides is 1. The summed E-state index contributed by atoms with van der Waals surface area (Å²) in [5.41, 5.74) is 1.50. The smallest absolute Gasteiger partial charge is 0.224 e. The Morgan fingerprint density at radius 3 is 2.77 bits per heavy atom. The zero-order valence-corrected chi connectivity index (χ0v) is 15.4. The van der Waals surface area contributed by atoms with Crippen LogP contribution in [0.3, 0.4) is 0 Å². The molecule has 1 fully saturated rings. The van der Waals surface area contributed by atoms with Gasteiger partial charge in [0.25, 0.3) is 0 Å². The van der Waals surface area contributed by atoms with Gasteiger partial charge in [-0.15, -0.1) is 0 Å². The third-order valence-electron chi connectivity index (χ3n) is 4.45. The van der Waals surface area contributed by atoms with Crippen LogP contribution in [0.4, 0.5) is 0 Å². The summed E-state index contributed by atoms with van der Waals surface area (Å²) < 4.78 is 5.58. The van der Waals surface area contributed by atoms with Gasteiger partial charge in [-0.3, -0.25) is 4.79 Å². The topological polar surface area (TPSA) is 67.0 Å². The van der Waals surface area contributed by atoms with E-state index in [9.17, 15) is 4.79 Å². The first kappa shape index (κ1) is 17.2. The van der Waals surface area contributed by atoms with Gasteiger partial charge in [-0.2, -0.15) is 0 Å². The summed E-state index contributed by atoms with van der Waals surface area (Å²) in [4.78, 5) is 20.3. The molecule has 1 saturated carbocycles. The zero-order chi connectivity index (χ0) is 18.1. The number of aromatic amines is 1. The van der Waals surface area contributed by atoms with Crippen molar-refractivity contribution >= 4 is 40.1 Å². The van der Waals surface area contributed by atoms with E-state index in [1.807, 2.05) is 24.3 Å². The lowest BCUT2D eigenvalue weighted by molar-refractivity contribution is -0.122. The molecule has 1 heterocycles. The minimum Gasteiger partial charge on any atom is -0.491 e. The molecular formula is C19H17Cl2N3O2. The molecule has 0 aliphatic heterocycles. The zero-order valence-electron chi connectivity index (χ0n) is 13.9. The number of imidazole rings is 1. The first-order valence-electron chi connectivity index (χ1n) is 8.40. The molecule has 1 amide bonds. The van der Waals surface area contributed by atoms with E-state index in [0.29, 0.717) is 15.8 Å². The number of para-hydroxylation sites is 2. The van der Waals surface area contributed by atoms with Crippen molar-refractivity contribution in [2.75, 3.05) is 6.61 Å². The lowest BCUT2D eigenvalue weighted by atomic mass is 10.2. The molecule has 0 unspecified atom stereocenters. The van der Waals surface area contributed by atoms with Gasteiger partial charge in [0.15, 0.2) is 0 Å². The minimum absolute atomic E-state index is 0.0759. The van der Waals surface area contributed by atoms with Gasteiger partial charge in [0.1, 0.15) is 11.6 Å². The standard InChI is InChI=1S/C19H17Cl2N3O2/c20-12-5-6-16(13(21)11-12)26-10-7-17(25)24-19(8-9-19)18-22-14-3-1-2-4-15(14)23-18/h1-6,11H,7-10H2,(H,22,23)(H,24,25). The molecule has 26 heavy (non-hydrogen) atoms. The van der Waals surface area contributed by atoms with E-state index in [2.05, 4.69) is 15.3 Å². The number of ether oxygens (including phenoxy) is 1.